The monoisotopic (exact) mass is 2250 g/mol. The molecule has 0 saturated carbocycles. The predicted octanol–water partition coefficient (Wildman–Crippen LogP) is 18.1. The SMILES string of the molecule is CC(C)(C)O.CC1(C)OC(=O)CC(=O)O1.COCC(=O)CC(=O)OC(C)(C)C.COCC(=O)Cl.COCC(O)=C1C(=O)OC(C)(C)OC1=O.COCC1=C(C(=O)O)C(c2ccc(Cl)c(Cl)c2)n2nccc2N1.COCC1=C(C(=O)OC(C)(C)C)C(c2ccc(Cl)c(Cl)c2)n2nccc2N1.C[Si](C)(C)OS(=O)(=O)C(F)(F)F.ClCCl.ClCCl.NCc1ccccn1.Nc1ccn[nH]1.O=Cc1ccc(Cl)c(Cl)c1. The summed E-state index contributed by atoms with van der Waals surface area (Å²) in [6, 6.07) is 24.9. The number of hydrogen-bond donors (Lipinski definition) is 8. The molecule has 7 aromatic rings. The Morgan fingerprint density at radius 2 is 1.01 bits per heavy atom. The van der Waals surface area contributed by atoms with Gasteiger partial charge in [0.2, 0.25) is 13.6 Å². The zero-order valence-corrected chi connectivity index (χ0v) is 90.6. The van der Waals surface area contributed by atoms with E-state index in [-0.39, 0.29) is 67.9 Å². The number of methoxy groups -OCH3 is 5. The number of aldehydes is 1. The van der Waals surface area contributed by atoms with Gasteiger partial charge in [-0.3, -0.25) is 38.8 Å². The Morgan fingerprint density at radius 3 is 1.31 bits per heavy atom. The van der Waals surface area contributed by atoms with Gasteiger partial charge < -0.3 is 93.4 Å². The Kier molecular flexibility index (Phi) is 62.1. The van der Waals surface area contributed by atoms with Crippen molar-refractivity contribution in [2.24, 2.45) is 5.73 Å². The molecule has 2 unspecified atom stereocenters. The maximum atomic E-state index is 13.1. The number of alkyl halides is 7. The average Bonchev–Trinajstić information content (AvgIpc) is 1.70. The van der Waals surface area contributed by atoms with Crippen LogP contribution in [0.3, 0.4) is 0 Å². The van der Waals surface area contributed by atoms with Crippen LogP contribution in [0.1, 0.15) is 142 Å². The van der Waals surface area contributed by atoms with E-state index in [0.717, 1.165) is 23.4 Å². The van der Waals surface area contributed by atoms with Gasteiger partial charge in [0.25, 0.3) is 11.6 Å². The molecular weight excluding hydrogens is 2140 g/mol. The van der Waals surface area contributed by atoms with Crippen LogP contribution in [0.25, 0.3) is 0 Å². The highest BCUT2D eigenvalue weighted by Gasteiger charge is 2.50. The third-order valence-electron chi connectivity index (χ3n) is 14.7. The summed E-state index contributed by atoms with van der Waals surface area (Å²) in [6.45, 7) is 26.5. The van der Waals surface area contributed by atoms with Crippen molar-refractivity contribution >= 4 is 223 Å². The van der Waals surface area contributed by atoms with Crippen LogP contribution in [0.5, 0.6) is 0 Å². The van der Waals surface area contributed by atoms with Gasteiger partial charge in [-0.25, -0.2) is 28.5 Å². The number of carbonyl (C=O) groups excluding carboxylic acids is 9. The Balaban J connectivity index is 0. The number of ether oxygens (including phenoxy) is 11. The Bertz CT molecular complexity index is 5320. The molecule has 0 spiro atoms. The fourth-order valence-corrected chi connectivity index (χ4v) is 14.1. The normalized spacial score (nSPS) is 14.6. The average molecular weight is 2250 g/mol. The number of fused-ring (bicyclic) bond motifs is 2. The van der Waals surface area contributed by atoms with E-state index < -0.39 is 123 Å². The van der Waals surface area contributed by atoms with Gasteiger partial charge in [0.1, 0.15) is 85.4 Å². The van der Waals surface area contributed by atoms with Gasteiger partial charge in [0.05, 0.1) is 106 Å². The fourth-order valence-electron chi connectivity index (χ4n) is 10.0. The lowest BCUT2D eigenvalue weighted by atomic mass is 9.95. The number of anilines is 3. The molecule has 0 amide bonds. The first kappa shape index (κ1) is 134. The fraction of sp³-hybridized carbons (Fsp3) is 0.448. The molecule has 8 heterocycles. The van der Waals surface area contributed by atoms with Crippen molar-refractivity contribution in [3.8, 4) is 0 Å². The third-order valence-corrected chi connectivity index (χ3v) is 20.5. The summed E-state index contributed by atoms with van der Waals surface area (Å²) >= 11 is 59.4. The maximum absolute atomic E-state index is 13.1. The summed E-state index contributed by atoms with van der Waals surface area (Å²) in [5.74, 6) is -6.00. The zero-order valence-electron chi connectivity index (χ0n) is 80.5. The number of nitrogen functional groups attached to an aromatic ring is 1. The van der Waals surface area contributed by atoms with Crippen LogP contribution in [-0.4, -0.2) is 239 Å². The van der Waals surface area contributed by atoms with E-state index in [0.29, 0.717) is 76.4 Å². The molecule has 788 valence electrons. The number of nitrogens with two attached hydrogens (primary N) is 2. The van der Waals surface area contributed by atoms with Crippen molar-refractivity contribution in [1.29, 1.82) is 0 Å². The van der Waals surface area contributed by atoms with Gasteiger partial charge in [0.15, 0.2) is 11.4 Å². The van der Waals surface area contributed by atoms with E-state index in [1.54, 1.807) is 137 Å². The molecule has 11 rings (SSSR count). The minimum Gasteiger partial charge on any atom is -0.509 e. The number of pyridine rings is 1. The van der Waals surface area contributed by atoms with E-state index in [1.165, 1.54) is 81.8 Å². The van der Waals surface area contributed by atoms with Gasteiger partial charge >= 0.3 is 57.4 Å². The number of ketones is 1. The number of aromatic nitrogens is 7. The molecule has 54 heteroatoms. The number of aromatic amines is 1. The minimum atomic E-state index is -5.39. The Labute approximate surface area is 870 Å². The standard InChI is InChI=1S/C19H21Cl2N3O3.C15H13Cl2N3O3.C9H12O6.C9H16O4.C7H4Cl2O.C6H8N2.C6H8O4.C4H9F3O3SSi.C4H10O.C3H5ClO2.C3H5N3.2CH2Cl2/c1-19(2,3)27-18(25)16-14(10-26-4)23-15-7-8-22-24(15)17(16)11-5-6-12(20)13(21)9-11;1-23-7-11-13(15(21)22)14(20-12(19-11)4-5-18-20)8-2-3-9(16)10(17)6-8;1-9(2)14-7(11)6(8(12)15-9)5(10)4-13-3;1-9(2,3)13-8(11)5-7(10)6-12-4;8-6-2-1-5(4-10)3-7(6)9;7-5-6-3-1-2-4-8-6;1-6(2)9-4(7)3-5(8)10-6;1-12(2,3)10-11(8,9)4(5,6)7;1-4(2,3)5;1-6-2-3(4)5;4-3-1-2-5-6-3;2*2-1-3/h5-9,17,23H,10H2,1-4H3;2-6,14,19H,7H2,1H3,(H,21,22);10H,4H2,1-3H3;5-6H2,1-4H3;1-4H;1-4H,5,7H2;3H2,1-2H3;1-3H3;5H,1-3H3;2H2,1H3;1-2H,(H3,4,5,6);2*1H2. The van der Waals surface area contributed by atoms with Crippen LogP contribution >= 0.6 is 128 Å². The number of carbonyl (C=O) groups is 10. The van der Waals surface area contributed by atoms with Crippen LogP contribution in [0.15, 0.2) is 150 Å². The molecule has 0 bridgehead atoms. The Hall–Kier alpha value is -9.01. The van der Waals surface area contributed by atoms with E-state index >= 15 is 0 Å². The number of aliphatic carboxylic acids is 1. The van der Waals surface area contributed by atoms with Crippen LogP contribution in [-0.2, 0) is 116 Å². The number of esters is 6. The summed E-state index contributed by atoms with van der Waals surface area (Å²) < 4.78 is 116. The molecule has 2 saturated heterocycles. The number of hydrogen-bond acceptors (Lipinski definition) is 34. The van der Waals surface area contributed by atoms with E-state index in [2.05, 4.69) is 63.6 Å². The molecule has 38 nitrogen and oxygen atoms in total. The summed E-state index contributed by atoms with van der Waals surface area (Å²) in [4.78, 5) is 115. The number of carboxylic acids is 1. The summed E-state index contributed by atoms with van der Waals surface area (Å²) in [5.41, 5.74) is 7.53. The first-order valence-corrected chi connectivity index (χ1v) is 50.0. The number of rotatable bonds is 20. The lowest BCUT2D eigenvalue weighted by Gasteiger charge is -2.32. The predicted molar refractivity (Wildman–Crippen MR) is 532 cm³/mol. The van der Waals surface area contributed by atoms with Crippen LogP contribution < -0.4 is 22.1 Å². The topological polar surface area (TPSA) is 530 Å². The molecule has 4 aliphatic heterocycles. The number of cyclic esters (lactones) is 4. The third kappa shape index (κ3) is 56.2. The van der Waals surface area contributed by atoms with Crippen molar-refractivity contribution in [2.75, 3.05) is 95.6 Å². The second-order valence-electron chi connectivity index (χ2n) is 32.5. The molecule has 4 aromatic heterocycles. The molecule has 10 N–H and O–H groups in total. The van der Waals surface area contributed by atoms with Gasteiger partial charge in [-0.05, 0) is 159 Å². The number of Topliss-reactive ketones (excluding diaryl/α,β-unsaturated/α-hetero) is 1. The van der Waals surface area contributed by atoms with Crippen molar-refractivity contribution in [1.82, 2.24) is 34.7 Å². The van der Waals surface area contributed by atoms with Crippen molar-refractivity contribution in [3.63, 3.8) is 0 Å². The molecular formula is C87H115Cl11F3N11O27SSi. The molecule has 2 atom stereocenters. The maximum Gasteiger partial charge on any atom is 0.522 e. The summed E-state index contributed by atoms with van der Waals surface area (Å²) in [5, 5.41) is 50.9. The van der Waals surface area contributed by atoms with Crippen molar-refractivity contribution < 1.29 is 141 Å². The van der Waals surface area contributed by atoms with Gasteiger partial charge in [0, 0.05) is 93.7 Å². The quantitative estimate of drug-likeness (QED) is 0.00300. The van der Waals surface area contributed by atoms with E-state index in [9.17, 15) is 79.7 Å². The lowest BCUT2D eigenvalue weighted by molar-refractivity contribution is -0.231. The van der Waals surface area contributed by atoms with E-state index in [4.69, 9.17) is 173 Å². The lowest BCUT2D eigenvalue weighted by Crippen LogP contribution is -2.42. The largest absolute Gasteiger partial charge is 0.522 e. The smallest absolute Gasteiger partial charge is 0.509 e. The number of nitrogens with one attached hydrogen (secondary N) is 3. The number of halogens is 14. The van der Waals surface area contributed by atoms with Gasteiger partial charge in [-0.15, -0.1) is 46.4 Å². The van der Waals surface area contributed by atoms with Gasteiger partial charge in [-0.1, -0.05) is 93.9 Å². The molecule has 4 aliphatic rings. The number of H-pyrrole nitrogens is 1. The highest BCUT2D eigenvalue weighted by atomic mass is 35.5. The summed E-state index contributed by atoms with van der Waals surface area (Å²) in [7, 11) is -0.879. The highest BCUT2D eigenvalue weighted by molar-refractivity contribution is 7.88. The van der Waals surface area contributed by atoms with E-state index in [1.807, 2.05) is 51.1 Å². The minimum absolute atomic E-state index is 0.00154. The number of nitrogens with zero attached hydrogens (tertiary/aromatic N) is 6. The van der Waals surface area contributed by atoms with Crippen LogP contribution in [0.4, 0.5) is 30.6 Å². The highest BCUT2D eigenvalue weighted by Crippen LogP contribution is 2.41. The first-order valence-electron chi connectivity index (χ1n) is 40.4. The number of carboxylic acid groups (broad SMARTS) is 1. The second kappa shape index (κ2) is 65.4. The zero-order chi connectivity index (χ0) is 109. The first-order chi connectivity index (χ1) is 65.1. The number of benzene rings is 3. The Morgan fingerprint density at radius 1 is 0.589 bits per heavy atom. The molecule has 0 radical (unpaired) electrons. The molecule has 3 aromatic carbocycles. The molecule has 0 aliphatic carbocycles. The molecule has 2 fully saturated rings. The molecule has 141 heavy (non-hydrogen) atoms. The second-order valence-corrected chi connectivity index (χ2v) is 43.2. The van der Waals surface area contributed by atoms with Crippen molar-refractivity contribution in [3.05, 3.63) is 202 Å². The number of aliphatic hydroxyl groups excluding tert-OH is 1. The van der Waals surface area contributed by atoms with Crippen molar-refractivity contribution in [2.45, 2.75) is 175 Å². The van der Waals surface area contributed by atoms with Crippen LogP contribution in [0.2, 0.25) is 49.8 Å². The van der Waals surface area contributed by atoms with Crippen LogP contribution in [0, 0.1) is 0 Å². The summed E-state index contributed by atoms with van der Waals surface area (Å²) in [6.07, 6.45) is 6.84. The number of aliphatic hydroxyl groups is 2. The van der Waals surface area contributed by atoms with Gasteiger partial charge in [-0.2, -0.15) is 36.9 Å².